The molecule has 138 valence electrons. The first-order valence-corrected chi connectivity index (χ1v) is 8.77. The Morgan fingerprint density at radius 2 is 1.92 bits per heavy atom. The number of carbonyl (C=O) groups excluding carboxylic acids is 1. The zero-order valence-corrected chi connectivity index (χ0v) is 17.4. The summed E-state index contributed by atoms with van der Waals surface area (Å²) in [5.41, 5.74) is 1.68. The largest absolute Gasteiger partial charge is 0.469 e. The van der Waals surface area contributed by atoms with Crippen molar-refractivity contribution >= 4 is 35.9 Å². The number of nitrogens with one attached hydrogen (secondary N) is 1. The maximum Gasteiger partial charge on any atom is 0.308 e. The molecular weight excluding hydrogens is 429 g/mol. The van der Waals surface area contributed by atoms with E-state index in [0.29, 0.717) is 0 Å². The van der Waals surface area contributed by atoms with Gasteiger partial charge in [-0.1, -0.05) is 30.3 Å². The summed E-state index contributed by atoms with van der Waals surface area (Å²) >= 11 is 0. The van der Waals surface area contributed by atoms with Crippen LogP contribution in [0, 0.1) is 5.92 Å². The van der Waals surface area contributed by atoms with E-state index >= 15 is 0 Å². The summed E-state index contributed by atoms with van der Waals surface area (Å²) < 4.78 is 4.86. The Hall–Kier alpha value is -1.31. The molecule has 0 amide bonds. The molecule has 1 aliphatic carbocycles. The topological polar surface area (TPSA) is 53.9 Å². The molecule has 1 saturated heterocycles. The molecule has 0 aromatic heterocycles. The smallest absolute Gasteiger partial charge is 0.308 e. The van der Waals surface area contributed by atoms with E-state index in [2.05, 4.69) is 45.5 Å². The van der Waals surface area contributed by atoms with Gasteiger partial charge in [-0.2, -0.15) is 0 Å². The molecule has 1 aromatic carbocycles. The summed E-state index contributed by atoms with van der Waals surface area (Å²) in [5.74, 6) is 0.891. The Morgan fingerprint density at radius 3 is 2.44 bits per heavy atom. The van der Waals surface area contributed by atoms with Crippen molar-refractivity contribution in [2.75, 3.05) is 33.8 Å². The van der Waals surface area contributed by atoms with E-state index in [1.165, 1.54) is 25.5 Å². The van der Waals surface area contributed by atoms with Crippen LogP contribution in [0.25, 0.3) is 0 Å². The van der Waals surface area contributed by atoms with Crippen molar-refractivity contribution in [3.05, 3.63) is 35.9 Å². The Kier molecular flexibility index (Phi) is 7.10. The minimum absolute atomic E-state index is 0. The van der Waals surface area contributed by atoms with E-state index in [-0.39, 0.29) is 41.3 Å². The maximum absolute atomic E-state index is 11.6. The average molecular weight is 457 g/mol. The summed E-state index contributed by atoms with van der Waals surface area (Å²) in [6.45, 7) is 2.61. The lowest BCUT2D eigenvalue weighted by molar-refractivity contribution is -0.146. The third-order valence-electron chi connectivity index (χ3n) is 5.37. The summed E-state index contributed by atoms with van der Waals surface area (Å²) in [6.07, 6.45) is 4.12. The predicted molar refractivity (Wildman–Crippen MR) is 110 cm³/mol. The van der Waals surface area contributed by atoms with Gasteiger partial charge in [0.05, 0.1) is 13.0 Å². The molecule has 2 aliphatic rings. The van der Waals surface area contributed by atoms with Crippen molar-refractivity contribution in [3.63, 3.8) is 0 Å². The van der Waals surface area contributed by atoms with Gasteiger partial charge in [0.25, 0.3) is 0 Å². The van der Waals surface area contributed by atoms with Crippen molar-refractivity contribution < 1.29 is 9.53 Å². The highest BCUT2D eigenvalue weighted by Gasteiger charge is 2.44. The second-order valence-corrected chi connectivity index (χ2v) is 6.83. The Morgan fingerprint density at radius 1 is 1.28 bits per heavy atom. The van der Waals surface area contributed by atoms with Gasteiger partial charge in [0.2, 0.25) is 0 Å². The fourth-order valence-electron chi connectivity index (χ4n) is 3.58. The monoisotopic (exact) mass is 457 g/mol. The van der Waals surface area contributed by atoms with Crippen LogP contribution in [0.15, 0.2) is 35.3 Å². The lowest BCUT2D eigenvalue weighted by Gasteiger charge is -2.33. The number of likely N-dealkylation sites (tertiary alicyclic amines) is 1. The zero-order chi connectivity index (χ0) is 17.0. The van der Waals surface area contributed by atoms with Gasteiger partial charge in [-0.3, -0.25) is 9.79 Å². The van der Waals surface area contributed by atoms with Crippen LogP contribution in [0.4, 0.5) is 0 Å². The van der Waals surface area contributed by atoms with Crippen LogP contribution >= 0.6 is 24.0 Å². The van der Waals surface area contributed by atoms with Gasteiger partial charge in [-0.25, -0.2) is 0 Å². The van der Waals surface area contributed by atoms with E-state index in [4.69, 9.17) is 4.74 Å². The van der Waals surface area contributed by atoms with Crippen LogP contribution in [0.1, 0.15) is 31.2 Å². The van der Waals surface area contributed by atoms with Crippen LogP contribution < -0.4 is 5.32 Å². The van der Waals surface area contributed by atoms with Crippen molar-refractivity contribution in [3.8, 4) is 0 Å². The highest BCUT2D eigenvalue weighted by Crippen LogP contribution is 2.47. The van der Waals surface area contributed by atoms with E-state index in [9.17, 15) is 4.79 Å². The highest BCUT2D eigenvalue weighted by atomic mass is 127. The van der Waals surface area contributed by atoms with Crippen LogP contribution in [-0.2, 0) is 14.9 Å². The minimum Gasteiger partial charge on any atom is -0.469 e. The van der Waals surface area contributed by atoms with Gasteiger partial charge < -0.3 is 15.0 Å². The molecule has 0 radical (unpaired) electrons. The molecule has 25 heavy (non-hydrogen) atoms. The molecule has 1 aliphatic heterocycles. The summed E-state index contributed by atoms with van der Waals surface area (Å²) in [4.78, 5) is 18.3. The number of hydrogen-bond acceptors (Lipinski definition) is 3. The number of carbonyl (C=O) groups is 1. The molecule has 0 unspecified atom stereocenters. The van der Waals surface area contributed by atoms with Crippen molar-refractivity contribution in [1.82, 2.24) is 10.2 Å². The van der Waals surface area contributed by atoms with Gasteiger partial charge in [0.15, 0.2) is 5.96 Å². The lowest BCUT2D eigenvalue weighted by Crippen LogP contribution is -2.48. The number of esters is 1. The van der Waals surface area contributed by atoms with E-state index in [1.807, 2.05) is 7.05 Å². The summed E-state index contributed by atoms with van der Waals surface area (Å²) in [7, 11) is 3.30. The number of guanidine groups is 1. The van der Waals surface area contributed by atoms with Crippen LogP contribution in [-0.4, -0.2) is 50.6 Å². The molecule has 1 N–H and O–H groups in total. The minimum atomic E-state index is -0.0846. The number of hydrogen-bond donors (Lipinski definition) is 1. The summed E-state index contributed by atoms with van der Waals surface area (Å²) in [6, 6.07) is 10.7. The van der Waals surface area contributed by atoms with Gasteiger partial charge in [0.1, 0.15) is 0 Å². The van der Waals surface area contributed by atoms with Gasteiger partial charge in [0, 0.05) is 32.1 Å². The van der Waals surface area contributed by atoms with Gasteiger partial charge >= 0.3 is 5.97 Å². The third kappa shape index (κ3) is 4.65. The first-order valence-electron chi connectivity index (χ1n) is 8.77. The van der Waals surface area contributed by atoms with E-state index in [0.717, 1.165) is 38.4 Å². The second kappa shape index (κ2) is 8.87. The predicted octanol–water partition coefficient (Wildman–Crippen LogP) is 2.80. The maximum atomic E-state index is 11.6. The second-order valence-electron chi connectivity index (χ2n) is 6.83. The summed E-state index contributed by atoms with van der Waals surface area (Å²) in [5, 5.41) is 3.56. The molecule has 1 saturated carbocycles. The molecule has 0 bridgehead atoms. The van der Waals surface area contributed by atoms with Crippen LogP contribution in [0.3, 0.4) is 0 Å². The number of nitrogens with zero attached hydrogens (tertiary/aromatic N) is 2. The number of halogens is 1. The molecule has 1 heterocycles. The molecule has 0 atom stereocenters. The molecule has 6 heteroatoms. The Bertz CT molecular complexity index is 594. The van der Waals surface area contributed by atoms with Gasteiger partial charge in [-0.05, 0) is 31.2 Å². The van der Waals surface area contributed by atoms with Crippen molar-refractivity contribution in [1.29, 1.82) is 0 Å². The zero-order valence-electron chi connectivity index (χ0n) is 15.0. The first-order chi connectivity index (χ1) is 11.7. The molecule has 1 aromatic rings. The number of methoxy groups -OCH3 is 1. The number of piperidine rings is 1. The number of aliphatic imine (C=N–C) groups is 1. The normalized spacial score (nSPS) is 19.8. The fraction of sp³-hybridized carbons (Fsp3) is 0.579. The third-order valence-corrected chi connectivity index (χ3v) is 5.37. The number of rotatable bonds is 4. The Balaban J connectivity index is 0.00000225. The lowest BCUT2D eigenvalue weighted by atomic mass is 9.96. The molecular formula is C19H28IN3O2. The SMILES string of the molecule is CN=C(NCC1(c2ccccc2)CC1)N1CCC(C(=O)OC)CC1.I. The van der Waals surface area contributed by atoms with Crippen LogP contribution in [0.5, 0.6) is 0 Å². The number of ether oxygens (including phenoxy) is 1. The molecule has 2 fully saturated rings. The van der Waals surface area contributed by atoms with Gasteiger partial charge in [-0.15, -0.1) is 24.0 Å². The standard InChI is InChI=1S/C19H27N3O2.HI/c1-20-18(22-12-8-15(9-13-22)17(23)24-2)21-14-19(10-11-19)16-6-4-3-5-7-16;/h3-7,15H,8-14H2,1-2H3,(H,20,21);1H. The van der Waals surface area contributed by atoms with Crippen LogP contribution in [0.2, 0.25) is 0 Å². The van der Waals surface area contributed by atoms with Crippen molar-refractivity contribution in [2.45, 2.75) is 31.1 Å². The Labute approximate surface area is 167 Å². The number of benzene rings is 1. The fourth-order valence-corrected chi connectivity index (χ4v) is 3.58. The quantitative estimate of drug-likeness (QED) is 0.327. The highest BCUT2D eigenvalue weighted by molar-refractivity contribution is 14.0. The molecule has 0 spiro atoms. The molecule has 5 nitrogen and oxygen atoms in total. The van der Waals surface area contributed by atoms with E-state index in [1.54, 1.807) is 0 Å². The average Bonchev–Trinajstić information content (AvgIpc) is 3.44. The van der Waals surface area contributed by atoms with Crippen molar-refractivity contribution in [2.24, 2.45) is 10.9 Å². The first kappa shape index (κ1) is 20.0. The molecule has 3 rings (SSSR count). The van der Waals surface area contributed by atoms with E-state index < -0.39 is 0 Å².